The normalized spacial score (nSPS) is 10.9. The minimum Gasteiger partial charge on any atom is -0.294 e. The maximum Gasteiger partial charge on any atom is 0.166 e. The van der Waals surface area contributed by atoms with Gasteiger partial charge in [0, 0.05) is 11.5 Å². The van der Waals surface area contributed by atoms with E-state index in [1.54, 1.807) is 13.0 Å². The van der Waals surface area contributed by atoms with Crippen molar-refractivity contribution in [1.82, 2.24) is 0 Å². The SMILES string of the molecule is CCCC(CCC)C(=O)c1ccc(F)cc1C. The van der Waals surface area contributed by atoms with Crippen LogP contribution >= 0.6 is 0 Å². The van der Waals surface area contributed by atoms with Gasteiger partial charge in [-0.3, -0.25) is 4.79 Å². The molecule has 0 amide bonds. The van der Waals surface area contributed by atoms with Crippen LogP contribution in [0.1, 0.15) is 55.5 Å². The molecule has 0 atom stereocenters. The van der Waals surface area contributed by atoms with Crippen LogP contribution in [-0.2, 0) is 0 Å². The largest absolute Gasteiger partial charge is 0.294 e. The fourth-order valence-electron chi connectivity index (χ4n) is 2.23. The Morgan fingerprint density at radius 2 is 1.82 bits per heavy atom. The summed E-state index contributed by atoms with van der Waals surface area (Å²) in [6, 6.07) is 4.42. The van der Waals surface area contributed by atoms with Gasteiger partial charge in [-0.2, -0.15) is 0 Å². The molecular weight excluding hydrogens is 215 g/mol. The van der Waals surface area contributed by atoms with Gasteiger partial charge in [0.05, 0.1) is 0 Å². The lowest BCUT2D eigenvalue weighted by atomic mass is 9.88. The number of rotatable bonds is 6. The number of aryl methyl sites for hydroxylation is 1. The molecule has 1 nitrogen and oxygen atoms in total. The molecular formula is C15H21FO. The van der Waals surface area contributed by atoms with Crippen LogP contribution in [0.2, 0.25) is 0 Å². The van der Waals surface area contributed by atoms with Crippen molar-refractivity contribution in [1.29, 1.82) is 0 Å². The molecule has 0 fully saturated rings. The molecule has 1 rings (SSSR count). The van der Waals surface area contributed by atoms with E-state index in [9.17, 15) is 9.18 Å². The number of Topliss-reactive ketones (excluding diaryl/α,β-unsaturated/α-hetero) is 1. The first-order valence-electron chi connectivity index (χ1n) is 6.40. The molecule has 17 heavy (non-hydrogen) atoms. The number of carbonyl (C=O) groups is 1. The summed E-state index contributed by atoms with van der Waals surface area (Å²) in [7, 11) is 0. The van der Waals surface area contributed by atoms with E-state index in [1.165, 1.54) is 12.1 Å². The predicted octanol–water partition coefficient (Wildman–Crippen LogP) is 4.53. The van der Waals surface area contributed by atoms with Crippen LogP contribution in [0.3, 0.4) is 0 Å². The minimum absolute atomic E-state index is 0.0918. The minimum atomic E-state index is -0.276. The molecule has 0 saturated heterocycles. The molecule has 0 radical (unpaired) electrons. The van der Waals surface area contributed by atoms with Gasteiger partial charge in [-0.25, -0.2) is 4.39 Å². The molecule has 0 unspecified atom stereocenters. The molecule has 0 N–H and O–H groups in total. The predicted molar refractivity (Wildman–Crippen MR) is 68.8 cm³/mol. The molecule has 0 heterocycles. The van der Waals surface area contributed by atoms with E-state index in [0.29, 0.717) is 5.56 Å². The summed E-state index contributed by atoms with van der Waals surface area (Å²) >= 11 is 0. The van der Waals surface area contributed by atoms with E-state index < -0.39 is 0 Å². The van der Waals surface area contributed by atoms with Crippen molar-refractivity contribution in [3.8, 4) is 0 Å². The summed E-state index contributed by atoms with van der Waals surface area (Å²) in [4.78, 5) is 12.3. The number of benzene rings is 1. The average molecular weight is 236 g/mol. The van der Waals surface area contributed by atoms with Gasteiger partial charge >= 0.3 is 0 Å². The van der Waals surface area contributed by atoms with Crippen LogP contribution in [-0.4, -0.2) is 5.78 Å². The maximum atomic E-state index is 13.0. The highest BCUT2D eigenvalue weighted by Gasteiger charge is 2.19. The van der Waals surface area contributed by atoms with E-state index in [4.69, 9.17) is 0 Å². The second kappa shape index (κ2) is 6.53. The van der Waals surface area contributed by atoms with Crippen molar-refractivity contribution in [2.75, 3.05) is 0 Å². The zero-order valence-corrected chi connectivity index (χ0v) is 10.9. The molecule has 1 aromatic carbocycles. The van der Waals surface area contributed by atoms with Gasteiger partial charge in [0.2, 0.25) is 0 Å². The van der Waals surface area contributed by atoms with Crippen LogP contribution in [0, 0.1) is 18.7 Å². The maximum absolute atomic E-state index is 13.0. The lowest BCUT2D eigenvalue weighted by Gasteiger charge is -2.15. The van der Waals surface area contributed by atoms with Crippen molar-refractivity contribution in [3.63, 3.8) is 0 Å². The van der Waals surface area contributed by atoms with Gasteiger partial charge in [-0.05, 0) is 43.5 Å². The fourth-order valence-corrected chi connectivity index (χ4v) is 2.23. The number of hydrogen-bond acceptors (Lipinski definition) is 1. The number of ketones is 1. The summed E-state index contributed by atoms with van der Waals surface area (Å²) in [5, 5.41) is 0. The summed E-state index contributed by atoms with van der Waals surface area (Å²) < 4.78 is 13.0. The molecule has 0 saturated carbocycles. The van der Waals surface area contributed by atoms with Crippen LogP contribution in [0.5, 0.6) is 0 Å². The zero-order chi connectivity index (χ0) is 12.8. The van der Waals surface area contributed by atoms with Gasteiger partial charge in [-0.1, -0.05) is 26.7 Å². The van der Waals surface area contributed by atoms with Crippen molar-refractivity contribution >= 4 is 5.78 Å². The van der Waals surface area contributed by atoms with E-state index in [-0.39, 0.29) is 17.5 Å². The molecule has 94 valence electrons. The fraction of sp³-hybridized carbons (Fsp3) is 0.533. The highest BCUT2D eigenvalue weighted by molar-refractivity contribution is 5.99. The van der Waals surface area contributed by atoms with Crippen LogP contribution in [0.15, 0.2) is 18.2 Å². The van der Waals surface area contributed by atoms with Gasteiger partial charge in [-0.15, -0.1) is 0 Å². The second-order valence-electron chi connectivity index (χ2n) is 4.60. The van der Waals surface area contributed by atoms with Crippen LogP contribution in [0.4, 0.5) is 4.39 Å². The molecule has 0 aromatic heterocycles. The molecule has 1 aromatic rings. The zero-order valence-electron chi connectivity index (χ0n) is 10.9. The Bertz CT molecular complexity index is 379. The Balaban J connectivity index is 2.92. The first-order chi connectivity index (χ1) is 8.10. The lowest BCUT2D eigenvalue weighted by Crippen LogP contribution is -2.16. The first kappa shape index (κ1) is 13.9. The average Bonchev–Trinajstić information content (AvgIpc) is 2.28. The number of carbonyl (C=O) groups excluding carboxylic acids is 1. The number of hydrogen-bond donors (Lipinski definition) is 0. The van der Waals surface area contributed by atoms with Crippen molar-refractivity contribution < 1.29 is 9.18 Å². The summed E-state index contributed by atoms with van der Waals surface area (Å²) in [6.07, 6.45) is 3.86. The lowest BCUT2D eigenvalue weighted by molar-refractivity contribution is 0.0904. The molecule has 0 aliphatic carbocycles. The van der Waals surface area contributed by atoms with Crippen molar-refractivity contribution in [2.24, 2.45) is 5.92 Å². The first-order valence-corrected chi connectivity index (χ1v) is 6.40. The monoisotopic (exact) mass is 236 g/mol. The third-order valence-corrected chi connectivity index (χ3v) is 3.10. The Kier molecular flexibility index (Phi) is 5.33. The molecule has 0 aliphatic rings. The Labute approximate surface area is 103 Å². The van der Waals surface area contributed by atoms with E-state index >= 15 is 0 Å². The third kappa shape index (κ3) is 3.65. The summed E-state index contributed by atoms with van der Waals surface area (Å²) in [5.41, 5.74) is 1.42. The molecule has 0 bridgehead atoms. The smallest absolute Gasteiger partial charge is 0.166 e. The second-order valence-corrected chi connectivity index (χ2v) is 4.60. The van der Waals surface area contributed by atoms with E-state index in [0.717, 1.165) is 31.2 Å². The van der Waals surface area contributed by atoms with E-state index in [1.807, 2.05) is 0 Å². The summed E-state index contributed by atoms with van der Waals surface area (Å²) in [6.45, 7) is 5.98. The van der Waals surface area contributed by atoms with Gasteiger partial charge in [0.1, 0.15) is 5.82 Å². The molecule has 0 aliphatic heterocycles. The highest BCUT2D eigenvalue weighted by Crippen LogP contribution is 2.22. The van der Waals surface area contributed by atoms with Gasteiger partial charge < -0.3 is 0 Å². The number of halogens is 1. The third-order valence-electron chi connectivity index (χ3n) is 3.10. The van der Waals surface area contributed by atoms with Crippen LogP contribution < -0.4 is 0 Å². The van der Waals surface area contributed by atoms with Gasteiger partial charge in [0.25, 0.3) is 0 Å². The Morgan fingerprint density at radius 3 is 2.29 bits per heavy atom. The summed E-state index contributed by atoms with van der Waals surface area (Å²) in [5.74, 6) is -0.0121. The molecule has 0 spiro atoms. The topological polar surface area (TPSA) is 17.1 Å². The quantitative estimate of drug-likeness (QED) is 0.663. The van der Waals surface area contributed by atoms with Crippen molar-refractivity contribution in [3.05, 3.63) is 35.1 Å². The molecule has 2 heteroatoms. The van der Waals surface area contributed by atoms with Gasteiger partial charge in [0.15, 0.2) is 5.78 Å². The Hall–Kier alpha value is -1.18. The Morgan fingerprint density at radius 1 is 1.24 bits per heavy atom. The highest BCUT2D eigenvalue weighted by atomic mass is 19.1. The standard InChI is InChI=1S/C15H21FO/c1-4-6-12(7-5-2)15(17)14-9-8-13(16)10-11(14)3/h8-10,12H,4-7H2,1-3H3. The van der Waals surface area contributed by atoms with E-state index in [2.05, 4.69) is 13.8 Å². The van der Waals surface area contributed by atoms with Crippen LogP contribution in [0.25, 0.3) is 0 Å². The van der Waals surface area contributed by atoms with Crippen molar-refractivity contribution in [2.45, 2.75) is 46.5 Å².